The third-order valence-corrected chi connectivity index (χ3v) is 9.74. The van der Waals surface area contributed by atoms with Gasteiger partial charge in [0.05, 0.1) is 24.8 Å². The number of ether oxygens (including phenoxy) is 2. The predicted molar refractivity (Wildman–Crippen MR) is 167 cm³/mol. The number of rotatable bonds is 13. The van der Waals surface area contributed by atoms with Crippen molar-refractivity contribution in [3.8, 4) is 11.5 Å². The number of methoxy groups -OCH3 is 2. The molecule has 0 aromatic heterocycles. The Hall–Kier alpha value is -4.05. The first-order valence-corrected chi connectivity index (χ1v) is 16.1. The molecule has 0 unspecified atom stereocenters. The molecule has 0 spiro atoms. The van der Waals surface area contributed by atoms with Gasteiger partial charge in [-0.1, -0.05) is 62.2 Å². The molecule has 0 aliphatic heterocycles. The Bertz CT molecular complexity index is 1510. The summed E-state index contributed by atoms with van der Waals surface area (Å²) in [6.45, 7) is 3.45. The number of anilines is 1. The Morgan fingerprint density at radius 1 is 0.930 bits per heavy atom. The van der Waals surface area contributed by atoms with E-state index in [-0.39, 0.29) is 29.1 Å². The van der Waals surface area contributed by atoms with Gasteiger partial charge in [-0.2, -0.15) is 0 Å². The number of aryl methyl sites for hydroxylation is 1. The SMILES string of the molecule is CC[C@@H](C(=O)NC1CCCC1)N(Cc1ccccc1C)C(=O)CN(c1ccc(OC)c(OC)c1)S(=O)(=O)c1ccccc1. The van der Waals surface area contributed by atoms with E-state index in [0.29, 0.717) is 17.9 Å². The zero-order chi connectivity index (χ0) is 31.0. The summed E-state index contributed by atoms with van der Waals surface area (Å²) in [5.74, 6) is 0.0242. The zero-order valence-electron chi connectivity index (χ0n) is 25.3. The lowest BCUT2D eigenvalue weighted by atomic mass is 10.1. The Morgan fingerprint density at radius 3 is 2.21 bits per heavy atom. The number of benzene rings is 3. The molecule has 1 fully saturated rings. The van der Waals surface area contributed by atoms with E-state index in [1.165, 1.54) is 37.3 Å². The van der Waals surface area contributed by atoms with Crippen LogP contribution in [0.25, 0.3) is 0 Å². The number of amides is 2. The summed E-state index contributed by atoms with van der Waals surface area (Å²) in [6.07, 6.45) is 4.32. The van der Waals surface area contributed by atoms with Gasteiger partial charge in [-0.15, -0.1) is 0 Å². The number of nitrogens with one attached hydrogen (secondary N) is 1. The predicted octanol–water partition coefficient (Wildman–Crippen LogP) is 5.07. The molecule has 0 saturated heterocycles. The van der Waals surface area contributed by atoms with Crippen molar-refractivity contribution < 1.29 is 27.5 Å². The number of carbonyl (C=O) groups is 2. The van der Waals surface area contributed by atoms with Gasteiger partial charge >= 0.3 is 0 Å². The molecule has 4 rings (SSSR count). The minimum atomic E-state index is -4.19. The lowest BCUT2D eigenvalue weighted by Gasteiger charge is -2.34. The molecule has 10 heteroatoms. The molecule has 0 heterocycles. The van der Waals surface area contributed by atoms with Crippen molar-refractivity contribution in [1.29, 1.82) is 0 Å². The Labute approximate surface area is 254 Å². The summed E-state index contributed by atoms with van der Waals surface area (Å²) in [6, 6.07) is 19.7. The molecule has 230 valence electrons. The minimum Gasteiger partial charge on any atom is -0.493 e. The maximum Gasteiger partial charge on any atom is 0.264 e. The second kappa shape index (κ2) is 14.4. The third-order valence-electron chi connectivity index (χ3n) is 7.95. The first-order valence-electron chi connectivity index (χ1n) is 14.6. The highest BCUT2D eigenvalue weighted by Crippen LogP contribution is 2.34. The van der Waals surface area contributed by atoms with E-state index in [9.17, 15) is 18.0 Å². The second-order valence-corrected chi connectivity index (χ2v) is 12.6. The maximum atomic E-state index is 14.3. The van der Waals surface area contributed by atoms with Crippen molar-refractivity contribution in [2.24, 2.45) is 0 Å². The molecular formula is C33H41N3O6S. The van der Waals surface area contributed by atoms with Crippen LogP contribution in [-0.2, 0) is 26.2 Å². The van der Waals surface area contributed by atoms with Gasteiger partial charge in [0.15, 0.2) is 11.5 Å². The van der Waals surface area contributed by atoms with E-state index in [2.05, 4.69) is 5.32 Å². The Kier molecular flexibility index (Phi) is 10.7. The smallest absolute Gasteiger partial charge is 0.264 e. The van der Waals surface area contributed by atoms with Crippen molar-refractivity contribution in [3.05, 3.63) is 83.9 Å². The summed E-state index contributed by atoms with van der Waals surface area (Å²) in [5.41, 5.74) is 2.08. The lowest BCUT2D eigenvalue weighted by molar-refractivity contribution is -0.140. The van der Waals surface area contributed by atoms with Crippen LogP contribution in [0.15, 0.2) is 77.7 Å². The normalized spacial score (nSPS) is 14.1. The fourth-order valence-electron chi connectivity index (χ4n) is 5.49. The van der Waals surface area contributed by atoms with Crippen LogP contribution >= 0.6 is 0 Å². The number of carbonyl (C=O) groups excluding carboxylic acids is 2. The molecule has 1 aliphatic carbocycles. The van der Waals surface area contributed by atoms with Crippen molar-refractivity contribution in [2.75, 3.05) is 25.1 Å². The number of hydrogen-bond acceptors (Lipinski definition) is 6. The molecule has 0 radical (unpaired) electrons. The Balaban J connectivity index is 1.75. The third kappa shape index (κ3) is 7.48. The number of sulfonamides is 1. The lowest BCUT2D eigenvalue weighted by Crippen LogP contribution is -2.53. The van der Waals surface area contributed by atoms with Gasteiger partial charge in [0.25, 0.3) is 10.0 Å². The molecule has 2 amide bonds. The molecule has 3 aromatic carbocycles. The molecule has 1 aliphatic rings. The number of nitrogens with zero attached hydrogens (tertiary/aromatic N) is 2. The van der Waals surface area contributed by atoms with Gasteiger partial charge < -0.3 is 19.7 Å². The fraction of sp³-hybridized carbons (Fsp3) is 0.394. The zero-order valence-corrected chi connectivity index (χ0v) is 26.1. The van der Waals surface area contributed by atoms with E-state index >= 15 is 0 Å². The molecule has 0 bridgehead atoms. The summed E-state index contributed by atoms with van der Waals surface area (Å²) >= 11 is 0. The van der Waals surface area contributed by atoms with Gasteiger partial charge in [-0.3, -0.25) is 13.9 Å². The molecule has 3 aromatic rings. The summed E-state index contributed by atoms with van der Waals surface area (Å²) in [7, 11) is -1.24. The van der Waals surface area contributed by atoms with E-state index in [4.69, 9.17) is 9.47 Å². The van der Waals surface area contributed by atoms with Crippen LogP contribution in [0.3, 0.4) is 0 Å². The van der Waals surface area contributed by atoms with Crippen LogP contribution < -0.4 is 19.1 Å². The minimum absolute atomic E-state index is 0.0362. The summed E-state index contributed by atoms with van der Waals surface area (Å²) < 4.78 is 40.0. The largest absolute Gasteiger partial charge is 0.493 e. The topological polar surface area (TPSA) is 105 Å². The van der Waals surface area contributed by atoms with E-state index in [1.807, 2.05) is 38.1 Å². The Morgan fingerprint density at radius 2 is 1.58 bits per heavy atom. The highest BCUT2D eigenvalue weighted by Gasteiger charge is 2.35. The fourth-order valence-corrected chi connectivity index (χ4v) is 6.91. The first kappa shape index (κ1) is 31.9. The average Bonchev–Trinajstić information content (AvgIpc) is 3.53. The molecule has 1 atom stereocenters. The summed E-state index contributed by atoms with van der Waals surface area (Å²) in [5, 5.41) is 3.14. The molecule has 1 saturated carbocycles. The van der Waals surface area contributed by atoms with Gasteiger partial charge in [0.1, 0.15) is 12.6 Å². The van der Waals surface area contributed by atoms with Gasteiger partial charge in [-0.05, 0) is 61.6 Å². The monoisotopic (exact) mass is 607 g/mol. The molecule has 43 heavy (non-hydrogen) atoms. The van der Waals surface area contributed by atoms with Crippen LogP contribution in [0.5, 0.6) is 11.5 Å². The van der Waals surface area contributed by atoms with E-state index < -0.39 is 28.5 Å². The van der Waals surface area contributed by atoms with Crippen molar-refractivity contribution in [1.82, 2.24) is 10.2 Å². The first-order chi connectivity index (χ1) is 20.7. The molecule has 1 N–H and O–H groups in total. The van der Waals surface area contributed by atoms with Gasteiger partial charge in [-0.25, -0.2) is 8.42 Å². The van der Waals surface area contributed by atoms with Crippen LogP contribution in [0.1, 0.15) is 50.2 Å². The van der Waals surface area contributed by atoms with Crippen molar-refractivity contribution >= 4 is 27.5 Å². The highest BCUT2D eigenvalue weighted by molar-refractivity contribution is 7.92. The molecule has 9 nitrogen and oxygen atoms in total. The number of hydrogen-bond donors (Lipinski definition) is 1. The maximum absolute atomic E-state index is 14.3. The van der Waals surface area contributed by atoms with Gasteiger partial charge in [0, 0.05) is 18.7 Å². The van der Waals surface area contributed by atoms with Gasteiger partial charge in [0.2, 0.25) is 11.8 Å². The quantitative estimate of drug-likeness (QED) is 0.291. The van der Waals surface area contributed by atoms with E-state index in [0.717, 1.165) is 41.1 Å². The van der Waals surface area contributed by atoms with Crippen molar-refractivity contribution in [3.63, 3.8) is 0 Å². The van der Waals surface area contributed by atoms with Crippen LogP contribution in [0.2, 0.25) is 0 Å². The second-order valence-electron chi connectivity index (χ2n) is 10.7. The van der Waals surface area contributed by atoms with Crippen molar-refractivity contribution in [2.45, 2.75) is 69.5 Å². The highest BCUT2D eigenvalue weighted by atomic mass is 32.2. The standard InChI is InChI=1S/C33H41N3O6S/c1-5-29(33(38)34-26-15-11-12-16-26)35(22-25-14-10-9-13-24(25)2)32(37)23-36(43(39,40)28-17-7-6-8-18-28)27-19-20-30(41-3)31(21-27)42-4/h6-10,13-14,17-21,26,29H,5,11-12,15-16,22-23H2,1-4H3,(H,34,38)/t29-/m0/s1. The average molecular weight is 608 g/mol. The summed E-state index contributed by atoms with van der Waals surface area (Å²) in [4.78, 5) is 29.5. The molecular weight excluding hydrogens is 566 g/mol. The van der Waals surface area contributed by atoms with Crippen LogP contribution in [-0.4, -0.2) is 58.0 Å². The van der Waals surface area contributed by atoms with Crippen LogP contribution in [0, 0.1) is 6.92 Å². The van der Waals surface area contributed by atoms with Crippen LogP contribution in [0.4, 0.5) is 5.69 Å². The van der Waals surface area contributed by atoms with E-state index in [1.54, 1.807) is 30.3 Å².